The summed E-state index contributed by atoms with van der Waals surface area (Å²) in [6.45, 7) is 6.85. The molecular weight excluding hydrogens is 456 g/mol. The van der Waals surface area contributed by atoms with Crippen LogP contribution in [0.5, 0.6) is 5.75 Å². The van der Waals surface area contributed by atoms with Crippen LogP contribution in [0.1, 0.15) is 36.8 Å². The number of phenols is 1. The van der Waals surface area contributed by atoms with Crippen molar-refractivity contribution in [1.29, 1.82) is 0 Å². The van der Waals surface area contributed by atoms with E-state index in [1.807, 2.05) is 22.8 Å². The van der Waals surface area contributed by atoms with Crippen LogP contribution >= 0.6 is 0 Å². The van der Waals surface area contributed by atoms with Crippen LogP contribution < -0.4 is 0 Å². The van der Waals surface area contributed by atoms with Gasteiger partial charge in [-0.25, -0.2) is 4.79 Å². The number of ether oxygens (including phenoxy) is 2. The summed E-state index contributed by atoms with van der Waals surface area (Å²) in [5, 5.41) is 13.0. The van der Waals surface area contributed by atoms with E-state index in [0.717, 1.165) is 34.0 Å². The minimum atomic E-state index is -0.546. The van der Waals surface area contributed by atoms with Gasteiger partial charge >= 0.3 is 11.9 Å². The first kappa shape index (κ1) is 23.5. The van der Waals surface area contributed by atoms with E-state index in [1.54, 1.807) is 26.0 Å². The number of hydrogen-bond acceptors (Lipinski definition) is 5. The number of hydrogen-bond donors (Lipinski definition) is 1. The molecule has 0 aliphatic carbocycles. The third-order valence-corrected chi connectivity index (χ3v) is 6.48. The Morgan fingerprint density at radius 2 is 1.53 bits per heavy atom. The molecule has 0 saturated heterocycles. The van der Waals surface area contributed by atoms with Gasteiger partial charge in [0.05, 0.1) is 30.7 Å². The average molecular weight is 485 g/mol. The molecule has 0 saturated carbocycles. The molecule has 5 rings (SSSR count). The van der Waals surface area contributed by atoms with Crippen LogP contribution in [0.4, 0.5) is 0 Å². The molecule has 7 heteroatoms. The number of aromatic hydroxyl groups is 1. The predicted octanol–water partition coefficient (Wildman–Crippen LogP) is 5.75. The molecule has 0 bridgehead atoms. The third kappa shape index (κ3) is 3.77. The highest BCUT2D eigenvalue weighted by atomic mass is 16.5. The lowest BCUT2D eigenvalue weighted by Crippen LogP contribution is -2.15. The smallest absolute Gasteiger partial charge is 0.340 e. The number of carbonyl (C=O) groups excluding carboxylic acids is 2. The van der Waals surface area contributed by atoms with Crippen LogP contribution in [0.15, 0.2) is 60.7 Å². The van der Waals surface area contributed by atoms with E-state index in [9.17, 15) is 14.7 Å². The summed E-state index contributed by atoms with van der Waals surface area (Å²) < 4.78 is 14.8. The van der Waals surface area contributed by atoms with Crippen LogP contribution in [-0.2, 0) is 27.2 Å². The van der Waals surface area contributed by atoms with E-state index in [-0.39, 0.29) is 30.9 Å². The zero-order valence-electron chi connectivity index (χ0n) is 20.6. The Labute approximate surface area is 208 Å². The van der Waals surface area contributed by atoms with Crippen molar-refractivity contribution < 1.29 is 24.2 Å². The molecule has 0 aliphatic rings. The van der Waals surface area contributed by atoms with E-state index in [0.29, 0.717) is 16.6 Å². The van der Waals surface area contributed by atoms with Gasteiger partial charge in [0.15, 0.2) is 0 Å². The van der Waals surface area contributed by atoms with Gasteiger partial charge in [-0.15, -0.1) is 0 Å². The molecule has 1 N–H and O–H groups in total. The quantitative estimate of drug-likeness (QED) is 0.298. The van der Waals surface area contributed by atoms with Crippen molar-refractivity contribution >= 4 is 44.6 Å². The van der Waals surface area contributed by atoms with Crippen molar-refractivity contribution in [2.24, 2.45) is 0 Å². The van der Waals surface area contributed by atoms with Gasteiger partial charge in [-0.1, -0.05) is 18.2 Å². The Hall–Kier alpha value is -4.26. The Morgan fingerprint density at radius 1 is 0.806 bits per heavy atom. The number of nitrogens with zero attached hydrogens (tertiary/aromatic N) is 2. The van der Waals surface area contributed by atoms with Gasteiger partial charge in [0, 0.05) is 45.1 Å². The van der Waals surface area contributed by atoms with E-state index < -0.39 is 11.9 Å². The number of aromatic nitrogens is 2. The zero-order chi connectivity index (χ0) is 25.4. The Balaban J connectivity index is 1.84. The summed E-state index contributed by atoms with van der Waals surface area (Å²) in [6.07, 6.45) is -0.119. The molecule has 0 spiro atoms. The number of esters is 2. The Bertz CT molecular complexity index is 1630. The standard InChI is InChI=1S/C29H28N2O5/c1-4-30-23-10-8-7-9-20(23)21-15-18(11-13-24(21)30)31-25-14-12-19(32)16-22(25)28(29(34)36-6-3)26(31)17-27(33)35-5-2/h7-16,32H,4-6,17H2,1-3H3. The second-order valence-corrected chi connectivity index (χ2v) is 8.52. The van der Waals surface area contributed by atoms with Gasteiger partial charge in [-0.05, 0) is 63.2 Å². The first-order valence-corrected chi connectivity index (χ1v) is 12.2. The number of para-hydroxylation sites is 1. The Morgan fingerprint density at radius 3 is 2.28 bits per heavy atom. The molecule has 2 heterocycles. The third-order valence-electron chi connectivity index (χ3n) is 6.48. The highest BCUT2D eigenvalue weighted by Gasteiger charge is 2.27. The molecule has 0 amide bonds. The maximum absolute atomic E-state index is 13.1. The topological polar surface area (TPSA) is 82.7 Å². The fourth-order valence-electron chi connectivity index (χ4n) is 5.10. The molecular formula is C29H28N2O5. The number of benzene rings is 3. The number of fused-ring (bicyclic) bond motifs is 4. The molecule has 0 radical (unpaired) electrons. The SMILES string of the molecule is CCOC(=O)Cc1c(C(=O)OCC)c2cc(O)ccc2n1-c1ccc2c(c1)c1ccccc1n2CC. The summed E-state index contributed by atoms with van der Waals surface area (Å²) in [6, 6.07) is 19.3. The zero-order valence-corrected chi connectivity index (χ0v) is 20.6. The van der Waals surface area contributed by atoms with Gasteiger partial charge in [-0.3, -0.25) is 4.79 Å². The molecule has 5 aromatic rings. The summed E-state index contributed by atoms with van der Waals surface area (Å²) >= 11 is 0. The van der Waals surface area contributed by atoms with E-state index in [1.165, 1.54) is 6.07 Å². The molecule has 0 unspecified atom stereocenters. The van der Waals surface area contributed by atoms with E-state index >= 15 is 0 Å². The lowest BCUT2D eigenvalue weighted by molar-refractivity contribution is -0.142. The molecule has 0 fully saturated rings. The van der Waals surface area contributed by atoms with Crippen LogP contribution in [0.25, 0.3) is 38.4 Å². The maximum atomic E-state index is 13.1. The fraction of sp³-hybridized carbons (Fsp3) is 0.241. The highest BCUT2D eigenvalue weighted by Crippen LogP contribution is 2.36. The Kier molecular flexibility index (Phi) is 6.14. The fourth-order valence-corrected chi connectivity index (χ4v) is 5.10. The number of phenolic OH excluding ortho intramolecular Hbond substituents is 1. The number of rotatable bonds is 7. The monoisotopic (exact) mass is 484 g/mol. The molecule has 2 aromatic heterocycles. The van der Waals surface area contributed by atoms with Crippen molar-refractivity contribution in [2.75, 3.05) is 13.2 Å². The van der Waals surface area contributed by atoms with Crippen molar-refractivity contribution in [3.63, 3.8) is 0 Å². The van der Waals surface area contributed by atoms with Gasteiger partial charge < -0.3 is 23.7 Å². The van der Waals surface area contributed by atoms with Crippen molar-refractivity contribution in [1.82, 2.24) is 9.13 Å². The predicted molar refractivity (Wildman–Crippen MR) is 140 cm³/mol. The molecule has 36 heavy (non-hydrogen) atoms. The van der Waals surface area contributed by atoms with Crippen LogP contribution in [0.3, 0.4) is 0 Å². The minimum Gasteiger partial charge on any atom is -0.508 e. The number of aryl methyl sites for hydroxylation is 1. The lowest BCUT2D eigenvalue weighted by atomic mass is 10.1. The van der Waals surface area contributed by atoms with E-state index in [2.05, 4.69) is 35.8 Å². The van der Waals surface area contributed by atoms with Crippen LogP contribution in [-0.4, -0.2) is 39.4 Å². The first-order valence-electron chi connectivity index (χ1n) is 12.2. The van der Waals surface area contributed by atoms with Crippen molar-refractivity contribution in [3.8, 4) is 11.4 Å². The average Bonchev–Trinajstić information content (AvgIpc) is 3.35. The van der Waals surface area contributed by atoms with Gasteiger partial charge in [0.2, 0.25) is 0 Å². The summed E-state index contributed by atoms with van der Waals surface area (Å²) in [4.78, 5) is 25.8. The second kappa shape index (κ2) is 9.41. The largest absolute Gasteiger partial charge is 0.508 e. The first-order chi connectivity index (χ1) is 17.5. The molecule has 3 aromatic carbocycles. The summed E-state index contributed by atoms with van der Waals surface area (Å²) in [5.74, 6) is -0.968. The second-order valence-electron chi connectivity index (χ2n) is 8.52. The highest BCUT2D eigenvalue weighted by molar-refractivity contribution is 6.10. The van der Waals surface area contributed by atoms with Gasteiger partial charge in [0.25, 0.3) is 0 Å². The normalized spacial score (nSPS) is 11.4. The van der Waals surface area contributed by atoms with E-state index in [4.69, 9.17) is 9.47 Å². The van der Waals surface area contributed by atoms with Crippen molar-refractivity contribution in [3.05, 3.63) is 71.9 Å². The van der Waals surface area contributed by atoms with Crippen LogP contribution in [0, 0.1) is 0 Å². The van der Waals surface area contributed by atoms with Crippen molar-refractivity contribution in [2.45, 2.75) is 33.7 Å². The minimum absolute atomic E-state index is 0.0225. The van der Waals surface area contributed by atoms with Gasteiger partial charge in [-0.2, -0.15) is 0 Å². The number of carbonyl (C=O) groups is 2. The molecule has 0 aliphatic heterocycles. The summed E-state index contributed by atoms with van der Waals surface area (Å²) in [5.41, 5.74) is 4.46. The van der Waals surface area contributed by atoms with Gasteiger partial charge in [0.1, 0.15) is 5.75 Å². The molecule has 7 nitrogen and oxygen atoms in total. The molecule has 184 valence electrons. The van der Waals surface area contributed by atoms with Crippen LogP contribution in [0.2, 0.25) is 0 Å². The maximum Gasteiger partial charge on any atom is 0.340 e. The molecule has 0 atom stereocenters. The summed E-state index contributed by atoms with van der Waals surface area (Å²) in [7, 11) is 0. The lowest BCUT2D eigenvalue weighted by Gasteiger charge is -2.13.